The van der Waals surface area contributed by atoms with Crippen LogP contribution >= 0.6 is 22.9 Å². The number of thiophene rings is 1. The van der Waals surface area contributed by atoms with Gasteiger partial charge in [-0.05, 0) is 63.6 Å². The van der Waals surface area contributed by atoms with Crippen LogP contribution in [0.25, 0.3) is 10.6 Å². The molecule has 1 aliphatic rings. The van der Waals surface area contributed by atoms with Crippen molar-refractivity contribution in [3.8, 4) is 16.3 Å². The Bertz CT molecular complexity index is 1010. The molecule has 2 heterocycles. The molecule has 0 spiro atoms. The number of aromatic nitrogens is 1. The number of hydrogen-bond donors (Lipinski definition) is 1. The van der Waals surface area contributed by atoms with E-state index in [-0.39, 0.29) is 31.2 Å². The number of aryl methyl sites for hydroxylation is 1. The molecule has 8 nitrogen and oxygen atoms in total. The predicted molar refractivity (Wildman–Crippen MR) is 135 cm³/mol. The molecule has 0 bridgehead atoms. The second-order valence-corrected chi connectivity index (χ2v) is 10.4. The van der Waals surface area contributed by atoms with Crippen LogP contribution < -0.4 is 4.74 Å². The Kier molecular flexibility index (Phi) is 10.2. The van der Waals surface area contributed by atoms with Crippen LogP contribution in [-0.2, 0) is 20.9 Å². The van der Waals surface area contributed by atoms with Gasteiger partial charge in [-0.1, -0.05) is 11.6 Å². The van der Waals surface area contributed by atoms with E-state index in [1.54, 1.807) is 13.1 Å². The lowest BCUT2D eigenvalue weighted by atomic mass is 9.87. The number of pyridine rings is 1. The van der Waals surface area contributed by atoms with Crippen molar-refractivity contribution in [1.29, 1.82) is 0 Å². The number of carbonyl (C=O) groups is 2. The first kappa shape index (κ1) is 27.2. The summed E-state index contributed by atoms with van der Waals surface area (Å²) in [5, 5.41) is 8.89. The summed E-state index contributed by atoms with van der Waals surface area (Å²) in [5.74, 6) is 0.380. The van der Waals surface area contributed by atoms with Gasteiger partial charge >= 0.3 is 12.1 Å². The van der Waals surface area contributed by atoms with Crippen LogP contribution in [-0.4, -0.2) is 60.5 Å². The maximum Gasteiger partial charge on any atom is 0.409 e. The molecule has 1 aliphatic carbocycles. The number of aliphatic hydroxyl groups excluding tert-OH is 1. The lowest BCUT2D eigenvalue weighted by Crippen LogP contribution is -2.30. The van der Waals surface area contributed by atoms with Gasteiger partial charge in [0.15, 0.2) is 0 Å². The molecule has 1 N–H and O–H groups in total. The largest absolute Gasteiger partial charge is 0.489 e. The third-order valence-corrected chi connectivity index (χ3v) is 7.40. The molecule has 0 unspecified atom stereocenters. The van der Waals surface area contributed by atoms with E-state index < -0.39 is 6.09 Å². The smallest absolute Gasteiger partial charge is 0.409 e. The number of unbranched alkanes of at least 4 members (excludes halogenated alkanes) is 1. The number of aliphatic hydroxyl groups is 1. The van der Waals surface area contributed by atoms with Crippen LogP contribution in [0.4, 0.5) is 4.79 Å². The molecular weight excluding hydrogens is 492 g/mol. The Balaban J connectivity index is 1.65. The molecule has 2 aromatic heterocycles. The third-order valence-electron chi connectivity index (χ3n) is 6.07. The highest BCUT2D eigenvalue weighted by Crippen LogP contribution is 2.37. The number of halogens is 1. The van der Waals surface area contributed by atoms with Crippen molar-refractivity contribution in [1.82, 2.24) is 9.88 Å². The van der Waals surface area contributed by atoms with E-state index in [1.807, 2.05) is 19.1 Å². The van der Waals surface area contributed by atoms with Gasteiger partial charge in [0.1, 0.15) is 12.4 Å². The zero-order valence-electron chi connectivity index (χ0n) is 20.4. The third kappa shape index (κ3) is 7.56. The van der Waals surface area contributed by atoms with Gasteiger partial charge in [-0.25, -0.2) is 9.78 Å². The van der Waals surface area contributed by atoms with Crippen LogP contribution in [0.15, 0.2) is 18.2 Å². The minimum Gasteiger partial charge on any atom is -0.489 e. The van der Waals surface area contributed by atoms with Crippen molar-refractivity contribution in [2.24, 2.45) is 5.92 Å². The number of ether oxygens (including phenoxy) is 3. The first-order chi connectivity index (χ1) is 16.8. The van der Waals surface area contributed by atoms with E-state index in [0.29, 0.717) is 35.9 Å². The van der Waals surface area contributed by atoms with Gasteiger partial charge in [0.2, 0.25) is 0 Å². The van der Waals surface area contributed by atoms with Crippen LogP contribution in [0.3, 0.4) is 0 Å². The topological polar surface area (TPSA) is 98.2 Å². The Labute approximate surface area is 215 Å². The van der Waals surface area contributed by atoms with Gasteiger partial charge in [-0.2, -0.15) is 0 Å². The first-order valence-corrected chi connectivity index (χ1v) is 13.0. The highest BCUT2D eigenvalue weighted by Gasteiger charge is 2.29. The number of nitrogens with zero attached hydrogens (tertiary/aromatic N) is 2. The van der Waals surface area contributed by atoms with Gasteiger partial charge in [0, 0.05) is 25.8 Å². The average molecular weight is 525 g/mol. The molecule has 1 fully saturated rings. The van der Waals surface area contributed by atoms with Crippen molar-refractivity contribution < 1.29 is 28.9 Å². The SMILES string of the molecule is COC(=O)[C@H]1CCC[C@H](Oc2ccc(-c3sc(Cl)cc3COC(=O)N(C)CCCCO)nc2C)C1. The predicted octanol–water partition coefficient (Wildman–Crippen LogP) is 5.22. The van der Waals surface area contributed by atoms with Crippen molar-refractivity contribution in [2.45, 2.75) is 58.2 Å². The summed E-state index contributed by atoms with van der Waals surface area (Å²) < 4.78 is 17.2. The van der Waals surface area contributed by atoms with Gasteiger partial charge in [-0.15, -0.1) is 11.3 Å². The van der Waals surface area contributed by atoms with E-state index in [1.165, 1.54) is 23.3 Å². The van der Waals surface area contributed by atoms with E-state index >= 15 is 0 Å². The minimum atomic E-state index is -0.429. The second-order valence-electron chi connectivity index (χ2n) is 8.72. The molecule has 0 aliphatic heterocycles. The molecule has 192 valence electrons. The second kappa shape index (κ2) is 13.1. The zero-order chi connectivity index (χ0) is 25.4. The molecule has 2 atom stereocenters. The van der Waals surface area contributed by atoms with Gasteiger partial charge in [0.05, 0.1) is 39.7 Å². The minimum absolute atomic E-state index is 0.0558. The zero-order valence-corrected chi connectivity index (χ0v) is 22.0. The Morgan fingerprint density at radius 2 is 2.09 bits per heavy atom. The molecule has 0 saturated heterocycles. The number of rotatable bonds is 10. The van der Waals surface area contributed by atoms with E-state index in [4.69, 9.17) is 35.9 Å². The highest BCUT2D eigenvalue weighted by atomic mass is 35.5. The monoisotopic (exact) mass is 524 g/mol. The van der Waals surface area contributed by atoms with Gasteiger partial charge in [-0.3, -0.25) is 4.79 Å². The van der Waals surface area contributed by atoms with Gasteiger partial charge in [0.25, 0.3) is 0 Å². The number of methoxy groups -OCH3 is 1. The standard InChI is InChI=1S/C25H33ClN2O6S/c1-16-21(34-19-8-6-7-17(13-19)24(30)32-3)10-9-20(27-16)23-18(14-22(26)35-23)15-33-25(31)28(2)11-4-5-12-29/h9-10,14,17,19,29H,4-8,11-13,15H2,1-3H3/t17-,19-/m0/s1. The molecule has 1 saturated carbocycles. The molecule has 0 radical (unpaired) electrons. The normalized spacial score (nSPS) is 17.6. The summed E-state index contributed by atoms with van der Waals surface area (Å²) in [7, 11) is 3.09. The maximum atomic E-state index is 12.3. The van der Waals surface area contributed by atoms with Crippen molar-refractivity contribution in [3.05, 3.63) is 33.8 Å². The quantitative estimate of drug-likeness (QED) is 0.336. The Hall–Kier alpha value is -2.36. The van der Waals surface area contributed by atoms with E-state index in [2.05, 4.69) is 0 Å². The Morgan fingerprint density at radius 1 is 1.29 bits per heavy atom. The van der Waals surface area contributed by atoms with Crippen LogP contribution in [0.1, 0.15) is 49.8 Å². The van der Waals surface area contributed by atoms with E-state index in [9.17, 15) is 9.59 Å². The summed E-state index contributed by atoms with van der Waals surface area (Å²) in [6.07, 6.45) is 4.13. The first-order valence-electron chi connectivity index (χ1n) is 11.8. The fourth-order valence-electron chi connectivity index (χ4n) is 4.13. The van der Waals surface area contributed by atoms with Crippen LogP contribution in [0.5, 0.6) is 5.75 Å². The molecular formula is C25H33ClN2O6S. The number of amides is 1. The summed E-state index contributed by atoms with van der Waals surface area (Å²) in [6.45, 7) is 2.58. The lowest BCUT2D eigenvalue weighted by Gasteiger charge is -2.28. The maximum absolute atomic E-state index is 12.3. The number of esters is 1. The van der Waals surface area contributed by atoms with Gasteiger partial charge < -0.3 is 24.2 Å². The van der Waals surface area contributed by atoms with E-state index in [0.717, 1.165) is 41.1 Å². The van der Waals surface area contributed by atoms with Crippen LogP contribution in [0, 0.1) is 12.8 Å². The molecule has 1 amide bonds. The van der Waals surface area contributed by atoms with Crippen molar-refractivity contribution in [2.75, 3.05) is 27.3 Å². The lowest BCUT2D eigenvalue weighted by molar-refractivity contribution is -0.147. The Morgan fingerprint density at radius 3 is 2.80 bits per heavy atom. The number of hydrogen-bond acceptors (Lipinski definition) is 8. The summed E-state index contributed by atoms with van der Waals surface area (Å²) in [4.78, 5) is 31.3. The average Bonchev–Trinajstić information content (AvgIpc) is 3.23. The molecule has 10 heteroatoms. The summed E-state index contributed by atoms with van der Waals surface area (Å²) in [5.41, 5.74) is 2.25. The van der Waals surface area contributed by atoms with Crippen LogP contribution in [0.2, 0.25) is 4.34 Å². The molecule has 3 rings (SSSR count). The summed E-state index contributed by atoms with van der Waals surface area (Å²) >= 11 is 7.66. The van der Waals surface area contributed by atoms with Crippen molar-refractivity contribution in [3.63, 3.8) is 0 Å². The molecule has 35 heavy (non-hydrogen) atoms. The fraction of sp³-hybridized carbons (Fsp3) is 0.560. The molecule has 2 aromatic rings. The highest BCUT2D eigenvalue weighted by molar-refractivity contribution is 7.19. The number of carbonyl (C=O) groups excluding carboxylic acids is 2. The molecule has 0 aromatic carbocycles. The fourth-order valence-corrected chi connectivity index (χ4v) is 5.36. The summed E-state index contributed by atoms with van der Waals surface area (Å²) in [6, 6.07) is 5.55. The van der Waals surface area contributed by atoms with Crippen molar-refractivity contribution >= 4 is 35.0 Å².